The van der Waals surface area contributed by atoms with Gasteiger partial charge in [0.05, 0.1) is 20.2 Å². The van der Waals surface area contributed by atoms with Crippen LogP contribution in [0.4, 0.5) is 9.18 Å². The Labute approximate surface area is 205 Å². The fraction of sp³-hybridized carbons (Fsp3) is 0.148. The average Bonchev–Trinajstić information content (AvgIpc) is 3.53. The first-order valence-corrected chi connectivity index (χ1v) is 11.2. The fourth-order valence-corrected chi connectivity index (χ4v) is 4.33. The van der Waals surface area contributed by atoms with Gasteiger partial charge in [-0.15, -0.1) is 0 Å². The molecule has 4 aromatic rings. The number of benzene rings is 2. The third-order valence-corrected chi connectivity index (χ3v) is 6.18. The highest BCUT2D eigenvalue weighted by molar-refractivity contribution is 6.14. The zero-order chi connectivity index (χ0) is 25.4. The summed E-state index contributed by atoms with van der Waals surface area (Å²) in [6.45, 7) is 2.06. The van der Waals surface area contributed by atoms with Gasteiger partial charge in [-0.25, -0.2) is 14.0 Å². The molecule has 182 valence electrons. The molecular formula is C27H22FN3O5. The van der Waals surface area contributed by atoms with Crippen LogP contribution in [0.15, 0.2) is 70.8 Å². The Balaban J connectivity index is 1.47. The molecular weight excluding hydrogens is 465 g/mol. The molecule has 0 radical (unpaired) electrons. The van der Waals surface area contributed by atoms with Crippen molar-refractivity contribution in [2.24, 2.45) is 0 Å². The van der Waals surface area contributed by atoms with Gasteiger partial charge in [-0.1, -0.05) is 36.4 Å². The Morgan fingerprint density at radius 3 is 2.58 bits per heavy atom. The standard InChI is InChI=1S/C27H22FN3O5/c1-16-20(19-8-4-6-10-23(19)30(16)14-17-7-3-5-9-21(17)28)13-22-25(32)31(27(34)29-22)15-18-11-12-24(36-18)26(33)35-2/h3-13H,14-15H2,1-2H3,(H,29,34). The van der Waals surface area contributed by atoms with Crippen LogP contribution >= 0.6 is 0 Å². The molecule has 36 heavy (non-hydrogen) atoms. The normalized spacial score (nSPS) is 14.6. The van der Waals surface area contributed by atoms with E-state index in [2.05, 4.69) is 10.1 Å². The van der Waals surface area contributed by atoms with Gasteiger partial charge in [-0.2, -0.15) is 0 Å². The smallest absolute Gasteiger partial charge is 0.373 e. The molecule has 0 atom stereocenters. The van der Waals surface area contributed by atoms with E-state index in [-0.39, 0.29) is 29.6 Å². The maximum absolute atomic E-state index is 14.4. The Morgan fingerprint density at radius 2 is 1.81 bits per heavy atom. The maximum Gasteiger partial charge on any atom is 0.373 e. The molecule has 0 unspecified atom stereocenters. The summed E-state index contributed by atoms with van der Waals surface area (Å²) < 4.78 is 26.4. The zero-order valence-electron chi connectivity index (χ0n) is 19.6. The van der Waals surface area contributed by atoms with Gasteiger partial charge in [0, 0.05) is 27.7 Å². The summed E-state index contributed by atoms with van der Waals surface area (Å²) in [4.78, 5) is 38.3. The van der Waals surface area contributed by atoms with E-state index in [1.165, 1.54) is 25.3 Å². The van der Waals surface area contributed by atoms with Crippen molar-refractivity contribution in [1.82, 2.24) is 14.8 Å². The van der Waals surface area contributed by atoms with Crippen molar-refractivity contribution in [3.63, 3.8) is 0 Å². The lowest BCUT2D eigenvalue weighted by Gasteiger charge is -2.10. The number of aromatic nitrogens is 1. The number of methoxy groups -OCH3 is 1. The van der Waals surface area contributed by atoms with E-state index < -0.39 is 17.9 Å². The molecule has 0 saturated carbocycles. The highest BCUT2D eigenvalue weighted by Crippen LogP contribution is 2.30. The molecule has 8 nitrogen and oxygen atoms in total. The summed E-state index contributed by atoms with van der Waals surface area (Å²) in [5.74, 6) is -1.23. The summed E-state index contributed by atoms with van der Waals surface area (Å²) >= 11 is 0. The number of imide groups is 1. The summed E-state index contributed by atoms with van der Waals surface area (Å²) in [7, 11) is 1.23. The number of carbonyl (C=O) groups is 3. The topological polar surface area (TPSA) is 93.8 Å². The highest BCUT2D eigenvalue weighted by atomic mass is 19.1. The minimum atomic E-state index is -0.652. The molecule has 1 aliphatic rings. The van der Waals surface area contributed by atoms with Crippen molar-refractivity contribution in [3.8, 4) is 0 Å². The number of para-hydroxylation sites is 1. The number of halogens is 1. The molecule has 3 heterocycles. The van der Waals surface area contributed by atoms with E-state index in [1.54, 1.807) is 24.3 Å². The summed E-state index contributed by atoms with van der Waals surface area (Å²) in [5, 5.41) is 3.49. The van der Waals surface area contributed by atoms with Gasteiger partial charge in [0.1, 0.15) is 17.3 Å². The van der Waals surface area contributed by atoms with Crippen LogP contribution in [0.3, 0.4) is 0 Å². The number of furan rings is 1. The fourth-order valence-electron chi connectivity index (χ4n) is 4.33. The van der Waals surface area contributed by atoms with Crippen LogP contribution < -0.4 is 5.32 Å². The van der Waals surface area contributed by atoms with E-state index in [4.69, 9.17) is 4.42 Å². The van der Waals surface area contributed by atoms with Crippen molar-refractivity contribution >= 4 is 34.9 Å². The summed E-state index contributed by atoms with van der Waals surface area (Å²) in [6, 6.07) is 16.6. The Kier molecular flexibility index (Phi) is 5.89. The monoisotopic (exact) mass is 487 g/mol. The number of hydrogen-bond donors (Lipinski definition) is 1. The number of hydrogen-bond acceptors (Lipinski definition) is 5. The van der Waals surface area contributed by atoms with Crippen LogP contribution in [0.1, 0.15) is 33.1 Å². The summed E-state index contributed by atoms with van der Waals surface area (Å²) in [5.41, 5.74) is 3.10. The molecule has 2 aromatic carbocycles. The number of nitrogens with one attached hydrogen (secondary N) is 1. The molecule has 2 aromatic heterocycles. The number of ether oxygens (including phenoxy) is 1. The van der Waals surface area contributed by atoms with Gasteiger partial charge in [0.2, 0.25) is 5.76 Å². The van der Waals surface area contributed by atoms with Gasteiger partial charge < -0.3 is 19.0 Å². The second-order valence-corrected chi connectivity index (χ2v) is 8.33. The predicted molar refractivity (Wildman–Crippen MR) is 129 cm³/mol. The average molecular weight is 487 g/mol. The predicted octanol–water partition coefficient (Wildman–Crippen LogP) is 4.61. The molecule has 0 spiro atoms. The molecule has 1 N–H and O–H groups in total. The number of urea groups is 1. The van der Waals surface area contributed by atoms with Crippen LogP contribution in [0.5, 0.6) is 0 Å². The van der Waals surface area contributed by atoms with Crippen molar-refractivity contribution < 1.29 is 27.9 Å². The van der Waals surface area contributed by atoms with Crippen molar-refractivity contribution in [2.45, 2.75) is 20.0 Å². The largest absolute Gasteiger partial charge is 0.463 e. The lowest BCUT2D eigenvalue weighted by atomic mass is 10.1. The maximum atomic E-state index is 14.4. The van der Waals surface area contributed by atoms with E-state index >= 15 is 0 Å². The molecule has 1 saturated heterocycles. The minimum absolute atomic E-state index is 0.0198. The molecule has 9 heteroatoms. The van der Waals surface area contributed by atoms with E-state index in [1.807, 2.05) is 35.8 Å². The van der Waals surface area contributed by atoms with Crippen LogP contribution in [0, 0.1) is 12.7 Å². The quantitative estimate of drug-likeness (QED) is 0.244. The first-order chi connectivity index (χ1) is 17.4. The van der Waals surface area contributed by atoms with Crippen LogP contribution in [0.25, 0.3) is 17.0 Å². The first-order valence-electron chi connectivity index (χ1n) is 11.2. The number of carbonyl (C=O) groups excluding carboxylic acids is 3. The number of esters is 1. The van der Waals surface area contributed by atoms with Crippen LogP contribution in [-0.2, 0) is 22.6 Å². The highest BCUT2D eigenvalue weighted by Gasteiger charge is 2.35. The van der Waals surface area contributed by atoms with Crippen molar-refractivity contribution in [2.75, 3.05) is 7.11 Å². The van der Waals surface area contributed by atoms with Crippen molar-refractivity contribution in [3.05, 3.63) is 101 Å². The molecule has 5 rings (SSSR count). The zero-order valence-corrected chi connectivity index (χ0v) is 19.6. The van der Waals surface area contributed by atoms with Crippen LogP contribution in [-0.4, -0.2) is 34.5 Å². The molecule has 0 bridgehead atoms. The van der Waals surface area contributed by atoms with E-state index in [9.17, 15) is 18.8 Å². The van der Waals surface area contributed by atoms with Gasteiger partial charge in [0.15, 0.2) is 0 Å². The van der Waals surface area contributed by atoms with Crippen molar-refractivity contribution in [1.29, 1.82) is 0 Å². The Morgan fingerprint density at radius 1 is 1.06 bits per heavy atom. The minimum Gasteiger partial charge on any atom is -0.463 e. The van der Waals surface area contributed by atoms with Gasteiger partial charge in [-0.3, -0.25) is 9.69 Å². The number of rotatable bonds is 6. The van der Waals surface area contributed by atoms with Gasteiger partial charge in [0.25, 0.3) is 5.91 Å². The molecule has 3 amide bonds. The summed E-state index contributed by atoms with van der Waals surface area (Å²) in [6.07, 6.45) is 1.64. The molecule has 1 aliphatic heterocycles. The van der Waals surface area contributed by atoms with Gasteiger partial charge >= 0.3 is 12.0 Å². The van der Waals surface area contributed by atoms with Gasteiger partial charge in [-0.05, 0) is 37.3 Å². The second kappa shape index (κ2) is 9.18. The second-order valence-electron chi connectivity index (χ2n) is 8.33. The molecule has 1 fully saturated rings. The third kappa shape index (κ3) is 4.04. The molecule has 0 aliphatic carbocycles. The third-order valence-electron chi connectivity index (χ3n) is 6.18. The SMILES string of the molecule is COC(=O)c1ccc(CN2C(=O)NC(=Cc3c(C)n(Cc4ccccc4F)c4ccccc34)C2=O)o1. The van der Waals surface area contributed by atoms with Crippen LogP contribution in [0.2, 0.25) is 0 Å². The number of amides is 3. The lowest BCUT2D eigenvalue weighted by molar-refractivity contribution is -0.123. The lowest BCUT2D eigenvalue weighted by Crippen LogP contribution is -2.30. The number of nitrogens with zero attached hydrogens (tertiary/aromatic N) is 2. The Bertz CT molecular complexity index is 1550. The van der Waals surface area contributed by atoms with E-state index in [0.717, 1.165) is 27.1 Å². The Hall–Kier alpha value is -4.66. The first kappa shape index (κ1) is 23.1. The van der Waals surface area contributed by atoms with E-state index in [0.29, 0.717) is 12.1 Å². The number of fused-ring (bicyclic) bond motifs is 1.